The molecule has 4 rings (SSSR count). The zero-order chi connectivity index (χ0) is 17.4. The molecule has 4 nitrogen and oxygen atoms in total. The minimum Gasteiger partial charge on any atom is -0.507 e. The van der Waals surface area contributed by atoms with Gasteiger partial charge in [0.2, 0.25) is 0 Å². The lowest BCUT2D eigenvalue weighted by Crippen LogP contribution is -2.01. The molecule has 5 heteroatoms. The second-order valence-electron chi connectivity index (χ2n) is 5.66. The van der Waals surface area contributed by atoms with Crippen LogP contribution in [0.2, 0.25) is 0 Å². The number of phenols is 1. The summed E-state index contributed by atoms with van der Waals surface area (Å²) in [5.74, 6) is -0.706. The Bertz CT molecular complexity index is 1080. The molecule has 4 aromatic rings. The molecule has 25 heavy (non-hydrogen) atoms. The van der Waals surface area contributed by atoms with Crippen molar-refractivity contribution >= 4 is 16.6 Å². The van der Waals surface area contributed by atoms with E-state index in [-0.39, 0.29) is 22.9 Å². The van der Waals surface area contributed by atoms with Crippen molar-refractivity contribution in [3.8, 4) is 11.4 Å². The summed E-state index contributed by atoms with van der Waals surface area (Å²) in [5.41, 5.74) is 1.20. The number of carbonyl (C=O) groups is 1. The zero-order valence-corrected chi connectivity index (χ0v) is 13.1. The van der Waals surface area contributed by atoms with Gasteiger partial charge in [-0.2, -0.15) is 5.10 Å². The predicted molar refractivity (Wildman–Crippen MR) is 92.6 cm³/mol. The number of fused-ring (bicyclic) bond motifs is 1. The van der Waals surface area contributed by atoms with Crippen LogP contribution in [-0.4, -0.2) is 20.7 Å². The fraction of sp³-hybridized carbons (Fsp3) is 0. The van der Waals surface area contributed by atoms with Gasteiger partial charge in [0.25, 0.3) is 0 Å². The fourth-order valence-electron chi connectivity index (χ4n) is 2.77. The Morgan fingerprint density at radius 3 is 2.56 bits per heavy atom. The summed E-state index contributed by atoms with van der Waals surface area (Å²) in [4.78, 5) is 12.7. The van der Waals surface area contributed by atoms with Gasteiger partial charge in [0.1, 0.15) is 11.6 Å². The fourth-order valence-corrected chi connectivity index (χ4v) is 2.77. The Labute approximate surface area is 142 Å². The lowest BCUT2D eigenvalue weighted by Gasteiger charge is -2.06. The van der Waals surface area contributed by atoms with E-state index in [1.54, 1.807) is 36.5 Å². The maximum Gasteiger partial charge on any atom is 0.199 e. The maximum atomic E-state index is 13.0. The van der Waals surface area contributed by atoms with E-state index in [1.165, 1.54) is 23.0 Å². The largest absolute Gasteiger partial charge is 0.507 e. The molecule has 0 aliphatic rings. The minimum atomic E-state index is -0.340. The highest BCUT2D eigenvalue weighted by molar-refractivity contribution is 6.13. The molecule has 0 saturated heterocycles. The molecule has 122 valence electrons. The van der Waals surface area contributed by atoms with E-state index in [0.29, 0.717) is 16.6 Å². The van der Waals surface area contributed by atoms with Gasteiger partial charge >= 0.3 is 0 Å². The molecule has 1 heterocycles. The summed E-state index contributed by atoms with van der Waals surface area (Å²) in [6.45, 7) is 0. The first-order valence-electron chi connectivity index (χ1n) is 7.69. The van der Waals surface area contributed by atoms with Crippen LogP contribution >= 0.6 is 0 Å². The van der Waals surface area contributed by atoms with Crippen LogP contribution < -0.4 is 0 Å². The monoisotopic (exact) mass is 332 g/mol. The van der Waals surface area contributed by atoms with Crippen LogP contribution in [0.1, 0.15) is 15.9 Å². The third-order valence-electron chi connectivity index (χ3n) is 4.08. The van der Waals surface area contributed by atoms with Gasteiger partial charge in [0.15, 0.2) is 5.78 Å². The lowest BCUT2D eigenvalue weighted by molar-refractivity contribution is 0.103. The van der Waals surface area contributed by atoms with Crippen molar-refractivity contribution < 1.29 is 14.3 Å². The third-order valence-corrected chi connectivity index (χ3v) is 4.08. The number of ketones is 1. The Balaban J connectivity index is 1.72. The first-order valence-corrected chi connectivity index (χ1v) is 7.69. The second-order valence-corrected chi connectivity index (χ2v) is 5.66. The third kappa shape index (κ3) is 2.65. The average Bonchev–Trinajstić information content (AvgIpc) is 3.12. The number of rotatable bonds is 3. The molecule has 0 fully saturated rings. The molecule has 0 radical (unpaired) electrons. The molecule has 0 aliphatic heterocycles. The Kier molecular flexibility index (Phi) is 3.54. The Morgan fingerprint density at radius 1 is 1.00 bits per heavy atom. The van der Waals surface area contributed by atoms with Crippen molar-refractivity contribution in [1.29, 1.82) is 0 Å². The van der Waals surface area contributed by atoms with Crippen LogP contribution in [0.15, 0.2) is 73.1 Å². The van der Waals surface area contributed by atoms with Crippen molar-refractivity contribution in [3.05, 3.63) is 90.0 Å². The number of nitrogens with zero attached hydrogens (tertiary/aromatic N) is 2. The van der Waals surface area contributed by atoms with Gasteiger partial charge in [0.05, 0.1) is 23.0 Å². The number of hydrogen-bond donors (Lipinski definition) is 1. The van der Waals surface area contributed by atoms with Gasteiger partial charge in [-0.05, 0) is 35.7 Å². The number of aromatic hydroxyl groups is 1. The van der Waals surface area contributed by atoms with E-state index in [4.69, 9.17) is 0 Å². The highest BCUT2D eigenvalue weighted by Crippen LogP contribution is 2.30. The van der Waals surface area contributed by atoms with Gasteiger partial charge < -0.3 is 5.11 Å². The molecule has 3 aromatic carbocycles. The number of hydrogen-bond acceptors (Lipinski definition) is 3. The summed E-state index contributed by atoms with van der Waals surface area (Å²) in [7, 11) is 0. The Hall–Kier alpha value is -3.47. The molecule has 0 bridgehead atoms. The molecular formula is C20H13FN2O2. The average molecular weight is 332 g/mol. The van der Waals surface area contributed by atoms with Crippen molar-refractivity contribution in [2.45, 2.75) is 0 Å². The smallest absolute Gasteiger partial charge is 0.199 e. The van der Waals surface area contributed by atoms with Crippen molar-refractivity contribution in [1.82, 2.24) is 9.78 Å². The molecule has 0 spiro atoms. The zero-order valence-electron chi connectivity index (χ0n) is 13.1. The quantitative estimate of drug-likeness (QED) is 0.575. The molecule has 0 unspecified atom stereocenters. The molecule has 0 aliphatic carbocycles. The topological polar surface area (TPSA) is 55.1 Å². The predicted octanol–water partition coefficient (Wildman–Crippen LogP) is 4.10. The number of carbonyl (C=O) groups excluding carboxylic acids is 1. The number of halogens is 1. The van der Waals surface area contributed by atoms with Crippen LogP contribution in [0.5, 0.6) is 5.75 Å². The van der Waals surface area contributed by atoms with E-state index < -0.39 is 0 Å². The van der Waals surface area contributed by atoms with Gasteiger partial charge in [-0.25, -0.2) is 9.07 Å². The summed E-state index contributed by atoms with van der Waals surface area (Å²) in [5, 5.41) is 16.1. The SMILES string of the molecule is O=C(c1cnn(-c2ccc(F)cc2)c1)c1ccc2ccccc2c1O. The standard InChI is InChI=1S/C20H13FN2O2/c21-15-6-8-16(9-7-15)23-12-14(11-22-23)19(24)18-10-5-13-3-1-2-4-17(13)20(18)25/h1-12,25H. The van der Waals surface area contributed by atoms with Crippen molar-refractivity contribution in [2.75, 3.05) is 0 Å². The number of benzene rings is 3. The highest BCUT2D eigenvalue weighted by Gasteiger charge is 2.17. The molecule has 1 N–H and O–H groups in total. The van der Waals surface area contributed by atoms with Crippen LogP contribution in [0.3, 0.4) is 0 Å². The first kappa shape index (κ1) is 15.1. The van der Waals surface area contributed by atoms with Crippen molar-refractivity contribution in [3.63, 3.8) is 0 Å². The highest BCUT2D eigenvalue weighted by atomic mass is 19.1. The van der Waals surface area contributed by atoms with E-state index >= 15 is 0 Å². The normalized spacial score (nSPS) is 10.9. The van der Waals surface area contributed by atoms with E-state index in [1.807, 2.05) is 18.2 Å². The van der Waals surface area contributed by atoms with Crippen LogP contribution in [0, 0.1) is 5.82 Å². The second kappa shape index (κ2) is 5.87. The summed E-state index contributed by atoms with van der Waals surface area (Å²) >= 11 is 0. The van der Waals surface area contributed by atoms with Crippen LogP contribution in [0.4, 0.5) is 4.39 Å². The molecule has 0 saturated carbocycles. The summed E-state index contributed by atoms with van der Waals surface area (Å²) in [6, 6.07) is 16.5. The van der Waals surface area contributed by atoms with Crippen LogP contribution in [0.25, 0.3) is 16.5 Å². The molecule has 0 amide bonds. The summed E-state index contributed by atoms with van der Waals surface area (Å²) < 4.78 is 14.5. The first-order chi connectivity index (χ1) is 12.1. The number of phenolic OH excluding ortho intramolecular Hbond substituents is 1. The summed E-state index contributed by atoms with van der Waals surface area (Å²) in [6.07, 6.45) is 2.99. The lowest BCUT2D eigenvalue weighted by atomic mass is 10.0. The van der Waals surface area contributed by atoms with Gasteiger partial charge in [-0.15, -0.1) is 0 Å². The van der Waals surface area contributed by atoms with E-state index in [9.17, 15) is 14.3 Å². The number of aromatic nitrogens is 2. The van der Waals surface area contributed by atoms with E-state index in [2.05, 4.69) is 5.10 Å². The molecular weight excluding hydrogens is 319 g/mol. The Morgan fingerprint density at radius 2 is 1.76 bits per heavy atom. The van der Waals surface area contributed by atoms with Gasteiger partial charge in [-0.1, -0.05) is 30.3 Å². The van der Waals surface area contributed by atoms with Crippen LogP contribution in [-0.2, 0) is 0 Å². The molecule has 1 aromatic heterocycles. The minimum absolute atomic E-state index is 0.0439. The van der Waals surface area contributed by atoms with E-state index in [0.717, 1.165) is 5.39 Å². The molecule has 0 atom stereocenters. The van der Waals surface area contributed by atoms with Gasteiger partial charge in [0, 0.05) is 11.6 Å². The van der Waals surface area contributed by atoms with Crippen molar-refractivity contribution in [2.24, 2.45) is 0 Å². The maximum absolute atomic E-state index is 13.0. The van der Waals surface area contributed by atoms with Gasteiger partial charge in [-0.3, -0.25) is 4.79 Å².